The van der Waals surface area contributed by atoms with Crippen LogP contribution in [0.1, 0.15) is 52.4 Å². The minimum atomic E-state index is -0.604. The zero-order valence-corrected chi connectivity index (χ0v) is 11.6. The largest absolute Gasteiger partial charge is 0.396 e. The van der Waals surface area contributed by atoms with Gasteiger partial charge in [-0.3, -0.25) is 0 Å². The van der Waals surface area contributed by atoms with Crippen LogP contribution in [0.2, 0.25) is 0 Å². The highest BCUT2D eigenvalue weighted by molar-refractivity contribution is 4.92. The number of hydrogen-bond acceptors (Lipinski definition) is 4. The highest BCUT2D eigenvalue weighted by Crippen LogP contribution is 2.43. The molecule has 0 radical (unpaired) electrons. The molecule has 1 aliphatic carbocycles. The fraction of sp³-hybridized carbons (Fsp3) is 1.00. The van der Waals surface area contributed by atoms with Crippen LogP contribution in [-0.4, -0.2) is 41.4 Å². The Labute approximate surface area is 109 Å². The smallest absolute Gasteiger partial charge is 0.168 e. The van der Waals surface area contributed by atoms with E-state index in [9.17, 15) is 10.2 Å². The van der Waals surface area contributed by atoms with Gasteiger partial charge in [0.05, 0.1) is 18.8 Å². The third-order valence-electron chi connectivity index (χ3n) is 4.45. The van der Waals surface area contributed by atoms with Gasteiger partial charge in [-0.05, 0) is 31.1 Å². The van der Waals surface area contributed by atoms with Crippen molar-refractivity contribution in [2.75, 3.05) is 19.8 Å². The topological polar surface area (TPSA) is 58.9 Å². The zero-order chi connectivity index (χ0) is 13.3. The number of rotatable bonds is 4. The van der Waals surface area contributed by atoms with E-state index in [1.807, 2.05) is 13.8 Å². The highest BCUT2D eigenvalue weighted by Gasteiger charge is 2.45. The van der Waals surface area contributed by atoms with Crippen LogP contribution < -0.4 is 0 Å². The average Bonchev–Trinajstić information content (AvgIpc) is 2.81. The molecule has 18 heavy (non-hydrogen) atoms. The normalized spacial score (nSPS) is 26.7. The Bertz CT molecular complexity index is 272. The van der Waals surface area contributed by atoms with E-state index < -0.39 is 11.4 Å². The Morgan fingerprint density at radius 1 is 1.06 bits per heavy atom. The van der Waals surface area contributed by atoms with Crippen LogP contribution in [0.15, 0.2) is 0 Å². The summed E-state index contributed by atoms with van der Waals surface area (Å²) in [6.07, 6.45) is 4.61. The monoisotopic (exact) mass is 258 g/mol. The molecule has 0 bridgehead atoms. The van der Waals surface area contributed by atoms with Gasteiger partial charge in [0.15, 0.2) is 5.79 Å². The summed E-state index contributed by atoms with van der Waals surface area (Å²) >= 11 is 0. The van der Waals surface area contributed by atoms with Crippen LogP contribution in [0.25, 0.3) is 0 Å². The molecule has 0 aromatic heterocycles. The lowest BCUT2D eigenvalue weighted by molar-refractivity contribution is -0.204. The molecule has 106 valence electrons. The third kappa shape index (κ3) is 3.23. The van der Waals surface area contributed by atoms with E-state index in [1.165, 1.54) is 0 Å². The molecule has 1 saturated carbocycles. The van der Waals surface area contributed by atoms with E-state index >= 15 is 0 Å². The molecular weight excluding hydrogens is 232 g/mol. The first-order valence-corrected chi connectivity index (χ1v) is 7.00. The zero-order valence-electron chi connectivity index (χ0n) is 11.6. The number of aliphatic hydroxyl groups is 2. The summed E-state index contributed by atoms with van der Waals surface area (Å²) < 4.78 is 11.3. The van der Waals surface area contributed by atoms with Gasteiger partial charge in [-0.25, -0.2) is 0 Å². The third-order valence-corrected chi connectivity index (χ3v) is 4.45. The van der Waals surface area contributed by atoms with Crippen molar-refractivity contribution in [3.05, 3.63) is 0 Å². The van der Waals surface area contributed by atoms with Gasteiger partial charge in [0, 0.05) is 19.4 Å². The molecule has 2 rings (SSSR count). The van der Waals surface area contributed by atoms with Gasteiger partial charge < -0.3 is 19.7 Å². The van der Waals surface area contributed by atoms with E-state index in [0.717, 1.165) is 38.5 Å². The summed E-state index contributed by atoms with van der Waals surface area (Å²) in [7, 11) is 0. The first-order valence-electron chi connectivity index (χ1n) is 7.00. The summed E-state index contributed by atoms with van der Waals surface area (Å²) in [5.41, 5.74) is -0.710. The molecule has 1 aliphatic heterocycles. The van der Waals surface area contributed by atoms with Gasteiger partial charge >= 0.3 is 0 Å². The van der Waals surface area contributed by atoms with Crippen LogP contribution in [0, 0.1) is 5.41 Å². The molecule has 4 heteroatoms. The molecule has 4 nitrogen and oxygen atoms in total. The lowest BCUT2D eigenvalue weighted by Gasteiger charge is -2.41. The van der Waals surface area contributed by atoms with Crippen molar-refractivity contribution < 1.29 is 19.7 Å². The second kappa shape index (κ2) is 5.08. The maximum atomic E-state index is 10.6. The van der Waals surface area contributed by atoms with Crippen molar-refractivity contribution in [2.45, 2.75) is 63.8 Å². The van der Waals surface area contributed by atoms with E-state index in [2.05, 4.69) is 0 Å². The van der Waals surface area contributed by atoms with Gasteiger partial charge in [0.1, 0.15) is 0 Å². The number of hydrogen-bond donors (Lipinski definition) is 2. The molecule has 2 N–H and O–H groups in total. The van der Waals surface area contributed by atoms with Crippen LogP contribution >= 0.6 is 0 Å². The molecule has 0 aromatic carbocycles. The predicted molar refractivity (Wildman–Crippen MR) is 68.2 cm³/mol. The van der Waals surface area contributed by atoms with Crippen molar-refractivity contribution in [1.29, 1.82) is 0 Å². The Morgan fingerprint density at radius 3 is 2.11 bits per heavy atom. The summed E-state index contributed by atoms with van der Waals surface area (Å²) in [5, 5.41) is 19.8. The molecule has 0 amide bonds. The van der Waals surface area contributed by atoms with Crippen LogP contribution in [0.3, 0.4) is 0 Å². The highest BCUT2D eigenvalue weighted by atomic mass is 16.7. The molecule has 2 aliphatic rings. The summed E-state index contributed by atoms with van der Waals surface area (Å²) in [4.78, 5) is 0. The first kappa shape index (κ1) is 14.3. The predicted octanol–water partition coefficient (Wildman–Crippen LogP) is 1.83. The molecule has 1 spiro atoms. The van der Waals surface area contributed by atoms with Gasteiger partial charge in [-0.15, -0.1) is 0 Å². The van der Waals surface area contributed by atoms with Crippen LogP contribution in [0.5, 0.6) is 0 Å². The number of ether oxygens (including phenoxy) is 2. The molecular formula is C14H26O4. The lowest BCUT2D eigenvalue weighted by atomic mass is 9.75. The summed E-state index contributed by atoms with van der Waals surface area (Å²) in [6, 6.07) is 0. The van der Waals surface area contributed by atoms with Gasteiger partial charge in [0.2, 0.25) is 0 Å². The second-order valence-corrected chi connectivity index (χ2v) is 6.65. The molecule has 0 aromatic rings. The Balaban J connectivity index is 1.83. The quantitative estimate of drug-likeness (QED) is 0.807. The van der Waals surface area contributed by atoms with Crippen molar-refractivity contribution in [3.8, 4) is 0 Å². The van der Waals surface area contributed by atoms with E-state index in [-0.39, 0.29) is 12.0 Å². The van der Waals surface area contributed by atoms with Crippen molar-refractivity contribution in [3.63, 3.8) is 0 Å². The SMILES string of the molecule is CC(C)(CO)CCC1(O)CCC2(CC1)OCCO2. The van der Waals surface area contributed by atoms with E-state index in [4.69, 9.17) is 9.47 Å². The standard InChI is InChI=1S/C14H26O4/c1-12(2,11-15)3-4-13(16)5-7-14(8-6-13)17-9-10-18-14/h15-16H,3-11H2,1-2H3. The minimum Gasteiger partial charge on any atom is -0.396 e. The second-order valence-electron chi connectivity index (χ2n) is 6.65. The van der Waals surface area contributed by atoms with Crippen molar-refractivity contribution >= 4 is 0 Å². The maximum Gasteiger partial charge on any atom is 0.168 e. The van der Waals surface area contributed by atoms with Crippen LogP contribution in [0.4, 0.5) is 0 Å². The average molecular weight is 258 g/mol. The number of aliphatic hydroxyl groups excluding tert-OH is 1. The van der Waals surface area contributed by atoms with Gasteiger partial charge in [-0.2, -0.15) is 0 Å². The Hall–Kier alpha value is -0.160. The maximum absolute atomic E-state index is 10.6. The van der Waals surface area contributed by atoms with E-state index in [1.54, 1.807) is 0 Å². The van der Waals surface area contributed by atoms with Crippen molar-refractivity contribution in [1.82, 2.24) is 0 Å². The van der Waals surface area contributed by atoms with Crippen LogP contribution in [-0.2, 0) is 9.47 Å². The fourth-order valence-corrected chi connectivity index (χ4v) is 2.78. The van der Waals surface area contributed by atoms with Crippen molar-refractivity contribution in [2.24, 2.45) is 5.41 Å². The lowest BCUT2D eigenvalue weighted by Crippen LogP contribution is -2.44. The molecule has 0 unspecified atom stereocenters. The van der Waals surface area contributed by atoms with Gasteiger partial charge in [0.25, 0.3) is 0 Å². The minimum absolute atomic E-state index is 0.106. The van der Waals surface area contributed by atoms with E-state index in [0.29, 0.717) is 13.2 Å². The fourth-order valence-electron chi connectivity index (χ4n) is 2.78. The summed E-state index contributed by atoms with van der Waals surface area (Å²) in [5.74, 6) is -0.404. The molecule has 1 saturated heterocycles. The Kier molecular flexibility index (Phi) is 4.02. The summed E-state index contributed by atoms with van der Waals surface area (Å²) in [6.45, 7) is 5.58. The van der Waals surface area contributed by atoms with Gasteiger partial charge in [-0.1, -0.05) is 13.8 Å². The molecule has 2 fully saturated rings. The molecule has 1 heterocycles. The first-order chi connectivity index (χ1) is 8.39. The Morgan fingerprint density at radius 2 is 1.61 bits per heavy atom. The molecule has 0 atom stereocenters.